The Kier molecular flexibility index (Phi) is 4.29. The van der Waals surface area contributed by atoms with Gasteiger partial charge in [-0.3, -0.25) is 4.98 Å². The Balaban J connectivity index is 1.59. The third-order valence-electron chi connectivity index (χ3n) is 5.03. The fourth-order valence-corrected chi connectivity index (χ4v) is 4.15. The maximum Gasteiger partial charge on any atom is 0.151 e. The van der Waals surface area contributed by atoms with Crippen LogP contribution in [0.3, 0.4) is 0 Å². The molecule has 1 N–H and O–H groups in total. The number of rotatable bonds is 4. The van der Waals surface area contributed by atoms with Crippen LogP contribution in [0.5, 0.6) is 0 Å². The zero-order valence-corrected chi connectivity index (χ0v) is 17.9. The highest BCUT2D eigenvalue weighted by atomic mass is 32.1. The van der Waals surface area contributed by atoms with E-state index >= 15 is 0 Å². The largest absolute Gasteiger partial charge is 0.382 e. The lowest BCUT2D eigenvalue weighted by molar-refractivity contribution is 0.578. The number of hydrogen-bond acceptors (Lipinski definition) is 7. The molecule has 30 heavy (non-hydrogen) atoms. The van der Waals surface area contributed by atoms with Gasteiger partial charge in [0.2, 0.25) is 0 Å². The first-order valence-corrected chi connectivity index (χ1v) is 10.7. The van der Waals surface area contributed by atoms with Crippen LogP contribution in [0.15, 0.2) is 36.7 Å². The summed E-state index contributed by atoms with van der Waals surface area (Å²) >= 11 is 1.61. The fourth-order valence-electron chi connectivity index (χ4n) is 3.22. The molecule has 7 nitrogen and oxygen atoms in total. The molecule has 1 fully saturated rings. The van der Waals surface area contributed by atoms with Crippen molar-refractivity contribution in [3.8, 4) is 28.0 Å². The maximum atomic E-state index is 9.11. The molecule has 150 valence electrons. The van der Waals surface area contributed by atoms with Gasteiger partial charge in [0.15, 0.2) is 5.01 Å². The Hall–Kier alpha value is -3.31. The van der Waals surface area contributed by atoms with Crippen LogP contribution in [0.1, 0.15) is 44.2 Å². The smallest absolute Gasteiger partial charge is 0.151 e. The molecule has 0 atom stereocenters. The van der Waals surface area contributed by atoms with Gasteiger partial charge in [-0.2, -0.15) is 10.4 Å². The lowest BCUT2D eigenvalue weighted by atomic mass is 9.98. The highest BCUT2D eigenvalue weighted by molar-refractivity contribution is 7.14. The molecular formula is C22H21N7S. The minimum atomic E-state index is -0.0356. The topological polar surface area (TPSA) is 91.8 Å². The number of nitrogens with one attached hydrogen (secondary N) is 1. The fraction of sp³-hybridized carbons (Fsp3) is 0.318. The highest BCUT2D eigenvalue weighted by Gasteiger charge is 2.25. The van der Waals surface area contributed by atoms with Gasteiger partial charge in [-0.25, -0.2) is 4.52 Å². The highest BCUT2D eigenvalue weighted by Crippen LogP contribution is 2.38. The molecule has 4 aromatic heterocycles. The van der Waals surface area contributed by atoms with Crippen molar-refractivity contribution in [3.05, 3.63) is 47.2 Å². The van der Waals surface area contributed by atoms with Crippen molar-refractivity contribution in [2.75, 3.05) is 5.32 Å². The van der Waals surface area contributed by atoms with Crippen LogP contribution >= 0.6 is 11.3 Å². The average molecular weight is 416 g/mol. The van der Waals surface area contributed by atoms with Crippen LogP contribution < -0.4 is 5.32 Å². The molecule has 5 rings (SSSR count). The van der Waals surface area contributed by atoms with Gasteiger partial charge >= 0.3 is 0 Å². The lowest BCUT2D eigenvalue weighted by Gasteiger charge is -2.13. The Bertz CT molecular complexity index is 1290. The Morgan fingerprint density at radius 3 is 2.70 bits per heavy atom. The summed E-state index contributed by atoms with van der Waals surface area (Å²) in [4.78, 5) is 4.72. The first kappa shape index (κ1) is 18.7. The van der Waals surface area contributed by atoms with Crippen molar-refractivity contribution in [1.82, 2.24) is 24.8 Å². The Labute approximate surface area is 178 Å². The normalized spacial score (nSPS) is 14.1. The summed E-state index contributed by atoms with van der Waals surface area (Å²) < 4.78 is 1.81. The van der Waals surface area contributed by atoms with E-state index in [4.69, 9.17) is 10.2 Å². The molecular weight excluding hydrogens is 394 g/mol. The second-order valence-electron chi connectivity index (χ2n) is 8.61. The van der Waals surface area contributed by atoms with Gasteiger partial charge in [-0.15, -0.1) is 10.2 Å². The SMILES string of the molecule is CC(C)(C)c1nnc(-c2cnc(-c3ccc4cc(C#N)cnn34)cc2NC2CC2)s1. The van der Waals surface area contributed by atoms with Crippen LogP contribution in [-0.2, 0) is 5.41 Å². The summed E-state index contributed by atoms with van der Waals surface area (Å²) in [5, 5.41) is 27.9. The molecule has 1 aliphatic carbocycles. The van der Waals surface area contributed by atoms with E-state index in [0.29, 0.717) is 11.6 Å². The quantitative estimate of drug-likeness (QED) is 0.521. The second-order valence-corrected chi connectivity index (χ2v) is 9.58. The van der Waals surface area contributed by atoms with E-state index in [1.165, 1.54) is 12.8 Å². The van der Waals surface area contributed by atoms with Gasteiger partial charge in [0.05, 0.1) is 34.2 Å². The summed E-state index contributed by atoms with van der Waals surface area (Å²) in [6.07, 6.45) is 5.79. The molecule has 0 saturated heterocycles. The Morgan fingerprint density at radius 2 is 2.00 bits per heavy atom. The number of aromatic nitrogens is 5. The molecule has 0 radical (unpaired) electrons. The second kappa shape index (κ2) is 6.89. The third kappa shape index (κ3) is 3.42. The zero-order valence-electron chi connectivity index (χ0n) is 17.0. The van der Waals surface area contributed by atoms with E-state index < -0.39 is 0 Å². The molecule has 0 amide bonds. The van der Waals surface area contributed by atoms with E-state index in [1.807, 2.05) is 28.9 Å². The molecule has 0 aromatic carbocycles. The van der Waals surface area contributed by atoms with Crippen molar-refractivity contribution < 1.29 is 0 Å². The van der Waals surface area contributed by atoms with Gasteiger partial charge in [-0.05, 0) is 37.1 Å². The molecule has 0 aliphatic heterocycles. The van der Waals surface area contributed by atoms with Crippen LogP contribution in [0.2, 0.25) is 0 Å². The number of pyridine rings is 1. The first-order valence-electron chi connectivity index (χ1n) is 9.91. The summed E-state index contributed by atoms with van der Waals surface area (Å²) in [5.41, 5.74) is 5.06. The zero-order chi connectivity index (χ0) is 20.9. The number of nitriles is 1. The third-order valence-corrected chi connectivity index (χ3v) is 6.41. The average Bonchev–Trinajstić information content (AvgIpc) is 3.23. The van der Waals surface area contributed by atoms with Crippen LogP contribution in [0, 0.1) is 11.3 Å². The van der Waals surface area contributed by atoms with Crippen molar-refractivity contribution in [1.29, 1.82) is 5.26 Å². The molecule has 1 saturated carbocycles. The van der Waals surface area contributed by atoms with Crippen molar-refractivity contribution in [2.24, 2.45) is 0 Å². The van der Waals surface area contributed by atoms with Crippen LogP contribution in [-0.4, -0.2) is 30.8 Å². The number of anilines is 1. The standard InChI is InChI=1S/C22H21N7S/c1-22(2,3)21-28-27-20(30-21)16-12-24-18(9-17(16)26-14-4-5-14)19-7-6-15-8-13(10-23)11-25-29(15)19/h6-9,11-12,14H,4-5H2,1-3H3,(H,24,26). The number of nitrogens with zero attached hydrogens (tertiary/aromatic N) is 6. The monoisotopic (exact) mass is 415 g/mol. The predicted octanol–water partition coefficient (Wildman–Crippen LogP) is 4.66. The van der Waals surface area contributed by atoms with E-state index in [2.05, 4.69) is 53.5 Å². The van der Waals surface area contributed by atoms with Gasteiger partial charge < -0.3 is 5.32 Å². The van der Waals surface area contributed by atoms with Crippen LogP contribution in [0.25, 0.3) is 27.5 Å². The van der Waals surface area contributed by atoms with E-state index in [0.717, 1.165) is 38.2 Å². The van der Waals surface area contributed by atoms with E-state index in [-0.39, 0.29) is 5.41 Å². The van der Waals surface area contributed by atoms with Crippen LogP contribution in [0.4, 0.5) is 5.69 Å². The molecule has 0 bridgehead atoms. The first-order chi connectivity index (χ1) is 14.4. The van der Waals surface area contributed by atoms with Crippen molar-refractivity contribution >= 4 is 22.5 Å². The molecule has 0 spiro atoms. The molecule has 0 unspecified atom stereocenters. The van der Waals surface area contributed by atoms with E-state index in [1.54, 1.807) is 17.5 Å². The molecule has 1 aliphatic rings. The molecule has 4 heterocycles. The minimum Gasteiger partial charge on any atom is -0.382 e. The summed E-state index contributed by atoms with van der Waals surface area (Å²) in [6.45, 7) is 6.43. The van der Waals surface area contributed by atoms with Crippen molar-refractivity contribution in [2.45, 2.75) is 45.1 Å². The van der Waals surface area contributed by atoms with E-state index in [9.17, 15) is 0 Å². The van der Waals surface area contributed by atoms with Gasteiger partial charge in [-0.1, -0.05) is 32.1 Å². The summed E-state index contributed by atoms with van der Waals surface area (Å²) in [6, 6.07) is 10.4. The van der Waals surface area contributed by atoms with Gasteiger partial charge in [0.25, 0.3) is 0 Å². The summed E-state index contributed by atoms with van der Waals surface area (Å²) in [7, 11) is 0. The predicted molar refractivity (Wildman–Crippen MR) is 117 cm³/mol. The lowest BCUT2D eigenvalue weighted by Crippen LogP contribution is -2.10. The summed E-state index contributed by atoms with van der Waals surface area (Å²) in [5.74, 6) is 0. The molecule has 4 aromatic rings. The Morgan fingerprint density at radius 1 is 1.17 bits per heavy atom. The minimum absolute atomic E-state index is 0.0356. The number of hydrogen-bond donors (Lipinski definition) is 1. The van der Waals surface area contributed by atoms with Crippen molar-refractivity contribution in [3.63, 3.8) is 0 Å². The molecule has 8 heteroatoms. The maximum absolute atomic E-state index is 9.11. The van der Waals surface area contributed by atoms with Gasteiger partial charge in [0, 0.05) is 23.3 Å². The van der Waals surface area contributed by atoms with Gasteiger partial charge in [0.1, 0.15) is 11.1 Å². The number of fused-ring (bicyclic) bond motifs is 1.